The summed E-state index contributed by atoms with van der Waals surface area (Å²) >= 11 is 1.52. The van der Waals surface area contributed by atoms with Crippen molar-refractivity contribution < 1.29 is 43.0 Å². The van der Waals surface area contributed by atoms with E-state index in [0.29, 0.717) is 28.4 Å². The van der Waals surface area contributed by atoms with Crippen LogP contribution in [0.2, 0.25) is 0 Å². The van der Waals surface area contributed by atoms with Gasteiger partial charge in [-0.25, -0.2) is 0 Å². The first-order valence-corrected chi connectivity index (χ1v) is 14.0. The summed E-state index contributed by atoms with van der Waals surface area (Å²) in [6.45, 7) is 2.26. The summed E-state index contributed by atoms with van der Waals surface area (Å²) in [5, 5.41) is 14.2. The Kier molecular flexibility index (Phi) is 11.8. The fourth-order valence-corrected chi connectivity index (χ4v) is 4.56. The van der Waals surface area contributed by atoms with Crippen LogP contribution in [0.4, 0.5) is 0 Å². The van der Waals surface area contributed by atoms with Gasteiger partial charge in [-0.2, -0.15) is 11.8 Å². The first-order chi connectivity index (χ1) is 18.9. The maximum absolute atomic E-state index is 13.2. The Hall–Kier alpha value is -3.63. The number of ether oxygens (including phenoxy) is 2. The van der Waals surface area contributed by atoms with Crippen LogP contribution < -0.4 is 38.8 Å². The molecule has 0 aliphatic heterocycles. The predicted molar refractivity (Wildman–Crippen MR) is 153 cm³/mol. The molecule has 0 unspecified atom stereocenters. The van der Waals surface area contributed by atoms with Gasteiger partial charge in [0, 0.05) is 5.56 Å². The molecule has 1 atom stereocenters. The number of nitrogens with one attached hydrogen (secondary N) is 1. The first-order valence-electron chi connectivity index (χ1n) is 12.6. The second kappa shape index (κ2) is 15.2. The van der Waals surface area contributed by atoms with Crippen molar-refractivity contribution >= 4 is 23.6 Å². The van der Waals surface area contributed by atoms with E-state index in [1.165, 1.54) is 11.8 Å². The third-order valence-electron chi connectivity index (χ3n) is 6.17. The molecule has 4 rings (SSSR count). The molecule has 0 aromatic heterocycles. The third kappa shape index (κ3) is 8.43. The average molecular weight is 548 g/mol. The number of para-hydroxylation sites is 1. The summed E-state index contributed by atoms with van der Waals surface area (Å²) in [7, 11) is 0. The van der Waals surface area contributed by atoms with E-state index < -0.39 is 17.9 Å². The van der Waals surface area contributed by atoms with Gasteiger partial charge in [0.25, 0.3) is 5.91 Å². The molecule has 0 fully saturated rings. The number of rotatable bonds is 12. The summed E-state index contributed by atoms with van der Waals surface area (Å²) in [6.07, 6.45) is 2.17. The topological polar surface area (TPSA) is 87.7 Å². The Morgan fingerprint density at radius 2 is 1.50 bits per heavy atom. The summed E-state index contributed by atoms with van der Waals surface area (Å²) < 4.78 is 11.9. The second-order valence-corrected chi connectivity index (χ2v) is 9.98. The molecule has 1 amide bonds. The number of thioether (sulfide) groups is 1. The van der Waals surface area contributed by atoms with Gasteiger partial charge in [-0.15, -0.1) is 0 Å². The Bertz CT molecular complexity index is 1410. The van der Waals surface area contributed by atoms with E-state index in [1.54, 1.807) is 6.07 Å². The van der Waals surface area contributed by atoms with Gasteiger partial charge in [0.05, 0.1) is 12.0 Å². The summed E-state index contributed by atoms with van der Waals surface area (Å²) in [4.78, 5) is 24.8. The van der Waals surface area contributed by atoms with Crippen molar-refractivity contribution in [3.8, 4) is 28.4 Å². The molecule has 6 nitrogen and oxygen atoms in total. The molecule has 0 aliphatic carbocycles. The number of aryl methyl sites for hydroxylation is 1. The molecule has 0 bridgehead atoms. The molecule has 0 saturated heterocycles. The van der Waals surface area contributed by atoms with Crippen molar-refractivity contribution in [1.29, 1.82) is 0 Å². The molecule has 0 heterocycles. The van der Waals surface area contributed by atoms with Crippen LogP contribution in [0.25, 0.3) is 11.1 Å². The van der Waals surface area contributed by atoms with Crippen LogP contribution in [-0.2, 0) is 11.4 Å². The number of hydrogen-bond donors (Lipinski definition) is 1. The molecule has 200 valence electrons. The fraction of sp³-hybridized carbons (Fsp3) is 0.188. The maximum atomic E-state index is 13.2. The summed E-state index contributed by atoms with van der Waals surface area (Å²) in [5.41, 5.74) is 3.86. The van der Waals surface area contributed by atoms with Gasteiger partial charge < -0.3 is 24.7 Å². The van der Waals surface area contributed by atoms with Crippen LogP contribution in [0, 0.1) is 6.92 Å². The number of carbonyl (C=O) groups is 2. The van der Waals surface area contributed by atoms with Gasteiger partial charge in [0.15, 0.2) is 0 Å². The monoisotopic (exact) mass is 547 g/mol. The molecule has 1 N–H and O–H groups in total. The van der Waals surface area contributed by atoms with Gasteiger partial charge in [-0.3, -0.25) is 4.79 Å². The van der Waals surface area contributed by atoms with Crippen molar-refractivity contribution in [3.63, 3.8) is 0 Å². The minimum absolute atomic E-state index is 0. The molecule has 8 heteroatoms. The van der Waals surface area contributed by atoms with Crippen LogP contribution >= 0.6 is 11.8 Å². The largest absolute Gasteiger partial charge is 1.00 e. The van der Waals surface area contributed by atoms with Crippen LogP contribution in [0.5, 0.6) is 17.2 Å². The second-order valence-electron chi connectivity index (χ2n) is 9.00. The maximum Gasteiger partial charge on any atom is 1.00 e. The van der Waals surface area contributed by atoms with Gasteiger partial charge in [0.2, 0.25) is 0 Å². The normalized spacial score (nSPS) is 11.2. The number of hydrogen-bond acceptors (Lipinski definition) is 6. The summed E-state index contributed by atoms with van der Waals surface area (Å²) in [5.74, 6) is 0.997. The van der Waals surface area contributed by atoms with Gasteiger partial charge >= 0.3 is 18.9 Å². The van der Waals surface area contributed by atoms with E-state index in [0.717, 1.165) is 22.4 Å². The van der Waals surface area contributed by atoms with Gasteiger partial charge in [0.1, 0.15) is 23.9 Å². The molecule has 0 saturated carbocycles. The van der Waals surface area contributed by atoms with Crippen molar-refractivity contribution in [2.24, 2.45) is 0 Å². The predicted octanol–water partition coefficient (Wildman–Crippen LogP) is 2.64. The Morgan fingerprint density at radius 1 is 0.850 bits per heavy atom. The minimum atomic E-state index is -1.29. The quantitative estimate of drug-likeness (QED) is 0.275. The van der Waals surface area contributed by atoms with Crippen molar-refractivity contribution in [2.45, 2.75) is 26.0 Å². The first kappa shape index (κ1) is 30.9. The fourth-order valence-electron chi connectivity index (χ4n) is 4.09. The Morgan fingerprint density at radius 3 is 2.17 bits per heavy atom. The van der Waals surface area contributed by atoms with Crippen LogP contribution in [0.3, 0.4) is 0 Å². The van der Waals surface area contributed by atoms with E-state index in [2.05, 4.69) is 5.32 Å². The van der Waals surface area contributed by atoms with Crippen LogP contribution in [0.1, 0.15) is 27.9 Å². The molecule has 40 heavy (non-hydrogen) atoms. The number of benzene rings is 4. The van der Waals surface area contributed by atoms with Crippen LogP contribution in [0.15, 0.2) is 97.1 Å². The minimum Gasteiger partial charge on any atom is -0.548 e. The zero-order valence-electron chi connectivity index (χ0n) is 22.9. The van der Waals surface area contributed by atoms with E-state index in [-0.39, 0.29) is 31.9 Å². The van der Waals surface area contributed by atoms with E-state index in [9.17, 15) is 14.7 Å². The third-order valence-corrected chi connectivity index (χ3v) is 6.82. The zero-order valence-corrected chi connectivity index (χ0v) is 23.7. The van der Waals surface area contributed by atoms with E-state index >= 15 is 0 Å². The number of carbonyl (C=O) groups excluding carboxylic acids is 2. The van der Waals surface area contributed by atoms with Crippen molar-refractivity contribution in [2.75, 3.05) is 12.0 Å². The zero-order chi connectivity index (χ0) is 27.6. The Labute approximate surface area is 251 Å². The summed E-state index contributed by atoms with van der Waals surface area (Å²) in [6, 6.07) is 29.1. The van der Waals surface area contributed by atoms with Crippen molar-refractivity contribution in [3.05, 3.63) is 114 Å². The van der Waals surface area contributed by atoms with E-state index in [4.69, 9.17) is 9.47 Å². The number of carboxylic acid groups (broad SMARTS) is 1. The molecular weight excluding hydrogens is 517 g/mol. The average Bonchev–Trinajstić information content (AvgIpc) is 2.95. The van der Waals surface area contributed by atoms with Crippen molar-refractivity contribution in [1.82, 2.24) is 5.32 Å². The van der Waals surface area contributed by atoms with Crippen LogP contribution in [-0.4, -0.2) is 29.9 Å². The molecule has 4 aromatic rings. The number of amides is 1. The van der Waals surface area contributed by atoms with Gasteiger partial charge in [-0.05, 0) is 96.1 Å². The van der Waals surface area contributed by atoms with Gasteiger partial charge in [-0.1, -0.05) is 48.5 Å². The molecule has 0 aliphatic rings. The molecule has 0 radical (unpaired) electrons. The molecule has 0 spiro atoms. The smallest absolute Gasteiger partial charge is 0.548 e. The van der Waals surface area contributed by atoms with E-state index in [1.807, 2.05) is 104 Å². The Balaban J connectivity index is 0.00000441. The molecular formula is C32H30LiNO5S. The number of aliphatic carboxylic acids is 1. The standard InChI is InChI=1S/C32H31NO5S.Li/c1-22-8-6-7-11-27(22)29-20-23(12-17-28(29)31(34)33-30(32(35)36)18-19-39-2)21-37-24-13-15-26(16-14-24)38-25-9-4-3-5-10-25;/h3-17,20,30H,18-19,21H2,1-2H3,(H,33,34)(H,35,36);/q;+1/p-1/t30-;/m0./s1. The molecule has 4 aromatic carbocycles. The SMILES string of the molecule is CSCC[C@H](NC(=O)c1ccc(COc2ccc(Oc3ccccc3)cc2)cc1-c1ccccc1C)C(=O)[O-].[Li+]. The number of carboxylic acids is 1.